The zero-order valence-corrected chi connectivity index (χ0v) is 14.5. The molecule has 0 aromatic heterocycles. The van der Waals surface area contributed by atoms with Crippen molar-refractivity contribution in [1.29, 1.82) is 0 Å². The number of hydrogen-bond donors (Lipinski definition) is 0. The monoisotopic (exact) mass is 342 g/mol. The third-order valence-corrected chi connectivity index (χ3v) is 5.24. The average Bonchev–Trinajstić information content (AvgIpc) is 3.06. The standard InChI is InChI=1S/C22H15ClN2/c1-25-19-10-6-5-9-16(19)20(23)21-22(25)17-13-15(11-12-18(17)24-21)14-7-3-2-4-8-14/h2-13H,1H3. The van der Waals surface area contributed by atoms with Crippen LogP contribution in [0.3, 0.4) is 0 Å². The highest BCUT2D eigenvalue weighted by Crippen LogP contribution is 2.41. The average molecular weight is 343 g/mol. The molecule has 0 saturated heterocycles. The van der Waals surface area contributed by atoms with Crippen LogP contribution in [0, 0.1) is 0 Å². The van der Waals surface area contributed by atoms with Gasteiger partial charge in [0.15, 0.2) is 0 Å². The summed E-state index contributed by atoms with van der Waals surface area (Å²) in [4.78, 5) is 4.81. The van der Waals surface area contributed by atoms with Gasteiger partial charge in [0, 0.05) is 23.3 Å². The number of nitrogens with zero attached hydrogens (tertiary/aromatic N) is 2. The summed E-state index contributed by atoms with van der Waals surface area (Å²) in [5.74, 6) is 0. The SMILES string of the molecule is Cn1c2c3cc(-c4ccccc4)ccc3nc-2c(Cl)c2ccccc21. The molecule has 0 aliphatic carbocycles. The van der Waals surface area contributed by atoms with Crippen LogP contribution in [-0.4, -0.2) is 9.55 Å². The highest BCUT2D eigenvalue weighted by molar-refractivity contribution is 6.38. The Kier molecular flexibility index (Phi) is 3.09. The molecule has 0 unspecified atom stereocenters. The number of para-hydroxylation sites is 1. The normalized spacial score (nSPS) is 11.6. The van der Waals surface area contributed by atoms with Gasteiger partial charge in [-0.3, -0.25) is 0 Å². The Hall–Kier alpha value is -2.84. The van der Waals surface area contributed by atoms with E-state index >= 15 is 0 Å². The molecule has 2 aliphatic rings. The summed E-state index contributed by atoms with van der Waals surface area (Å²) in [6, 6.07) is 25.0. The van der Waals surface area contributed by atoms with Crippen molar-refractivity contribution in [2.45, 2.75) is 0 Å². The Morgan fingerprint density at radius 1 is 0.800 bits per heavy atom. The number of aromatic nitrogens is 2. The Bertz CT molecular complexity index is 1210. The van der Waals surface area contributed by atoms with Crippen molar-refractivity contribution in [2.24, 2.45) is 7.05 Å². The van der Waals surface area contributed by atoms with Crippen LogP contribution in [-0.2, 0) is 7.05 Å². The molecule has 120 valence electrons. The van der Waals surface area contributed by atoms with Crippen molar-refractivity contribution in [1.82, 2.24) is 9.55 Å². The number of pyridine rings is 1. The van der Waals surface area contributed by atoms with Crippen molar-refractivity contribution in [3.63, 3.8) is 0 Å². The van der Waals surface area contributed by atoms with Crippen molar-refractivity contribution in [3.8, 4) is 22.5 Å². The number of benzene rings is 3. The van der Waals surface area contributed by atoms with E-state index in [0.29, 0.717) is 0 Å². The smallest absolute Gasteiger partial charge is 0.107 e. The van der Waals surface area contributed by atoms with E-state index in [-0.39, 0.29) is 0 Å². The molecule has 3 heteroatoms. The quantitative estimate of drug-likeness (QED) is 0.357. The Labute approximate surface area is 150 Å². The lowest BCUT2D eigenvalue weighted by Crippen LogP contribution is -1.99. The minimum Gasteiger partial charge on any atom is -0.342 e. The molecule has 3 aromatic rings. The maximum Gasteiger partial charge on any atom is 0.107 e. The molecule has 2 heterocycles. The van der Waals surface area contributed by atoms with Crippen LogP contribution in [0.2, 0.25) is 5.02 Å². The minimum atomic E-state index is 0.723. The molecule has 0 atom stereocenters. The third-order valence-electron chi connectivity index (χ3n) is 4.86. The molecule has 0 saturated carbocycles. The van der Waals surface area contributed by atoms with E-state index in [1.54, 1.807) is 0 Å². The zero-order valence-electron chi connectivity index (χ0n) is 13.7. The van der Waals surface area contributed by atoms with Crippen LogP contribution in [0.1, 0.15) is 0 Å². The number of hydrogen-bond acceptors (Lipinski definition) is 1. The number of halogens is 1. The molecule has 3 aromatic carbocycles. The second-order valence-corrected chi connectivity index (χ2v) is 6.68. The van der Waals surface area contributed by atoms with Gasteiger partial charge in [0.1, 0.15) is 5.69 Å². The molecule has 2 aliphatic heterocycles. The molecule has 0 fully saturated rings. The highest BCUT2D eigenvalue weighted by atomic mass is 35.5. The summed E-state index contributed by atoms with van der Waals surface area (Å²) in [5.41, 5.74) is 6.42. The lowest BCUT2D eigenvalue weighted by Gasteiger charge is -2.14. The van der Waals surface area contributed by atoms with Gasteiger partial charge in [-0.2, -0.15) is 0 Å². The van der Waals surface area contributed by atoms with Gasteiger partial charge in [-0.25, -0.2) is 4.98 Å². The van der Waals surface area contributed by atoms with Gasteiger partial charge in [0.2, 0.25) is 0 Å². The van der Waals surface area contributed by atoms with Crippen molar-refractivity contribution < 1.29 is 0 Å². The van der Waals surface area contributed by atoms with Crippen LogP contribution in [0.5, 0.6) is 0 Å². The van der Waals surface area contributed by atoms with E-state index in [0.717, 1.165) is 38.2 Å². The second-order valence-electron chi connectivity index (χ2n) is 6.30. The van der Waals surface area contributed by atoms with Gasteiger partial charge in [0.25, 0.3) is 0 Å². The van der Waals surface area contributed by atoms with Crippen molar-refractivity contribution in [3.05, 3.63) is 77.8 Å². The largest absolute Gasteiger partial charge is 0.342 e. The predicted molar refractivity (Wildman–Crippen MR) is 105 cm³/mol. The topological polar surface area (TPSA) is 17.8 Å². The Morgan fingerprint density at radius 2 is 1.56 bits per heavy atom. The zero-order chi connectivity index (χ0) is 17.0. The van der Waals surface area contributed by atoms with E-state index in [2.05, 4.69) is 60.1 Å². The first kappa shape index (κ1) is 14.5. The van der Waals surface area contributed by atoms with Gasteiger partial charge < -0.3 is 4.57 Å². The number of fused-ring (bicyclic) bond motifs is 4. The molecule has 5 rings (SSSR count). The lowest BCUT2D eigenvalue weighted by atomic mass is 10.0. The maximum atomic E-state index is 6.70. The molecular weight excluding hydrogens is 328 g/mol. The van der Waals surface area contributed by atoms with Crippen LogP contribution in [0.25, 0.3) is 44.3 Å². The molecule has 0 spiro atoms. The van der Waals surface area contributed by atoms with Crippen LogP contribution < -0.4 is 0 Å². The van der Waals surface area contributed by atoms with E-state index in [1.807, 2.05) is 24.3 Å². The first-order valence-electron chi connectivity index (χ1n) is 8.26. The summed E-state index contributed by atoms with van der Waals surface area (Å²) in [7, 11) is 2.08. The van der Waals surface area contributed by atoms with Gasteiger partial charge in [-0.1, -0.05) is 66.2 Å². The first-order valence-corrected chi connectivity index (χ1v) is 8.63. The van der Waals surface area contributed by atoms with E-state index < -0.39 is 0 Å². The summed E-state index contributed by atoms with van der Waals surface area (Å²) in [6.45, 7) is 0. The van der Waals surface area contributed by atoms with Gasteiger partial charge in [-0.05, 0) is 29.3 Å². The summed E-state index contributed by atoms with van der Waals surface area (Å²) in [6.07, 6.45) is 0. The Balaban J connectivity index is 1.90. The van der Waals surface area contributed by atoms with Gasteiger partial charge in [0.05, 0.1) is 16.2 Å². The van der Waals surface area contributed by atoms with Crippen LogP contribution in [0.4, 0.5) is 0 Å². The van der Waals surface area contributed by atoms with Crippen molar-refractivity contribution >= 4 is 33.4 Å². The fourth-order valence-electron chi connectivity index (χ4n) is 3.63. The summed E-state index contributed by atoms with van der Waals surface area (Å²) >= 11 is 6.70. The van der Waals surface area contributed by atoms with Gasteiger partial charge >= 0.3 is 0 Å². The second kappa shape index (κ2) is 5.33. The molecule has 0 N–H and O–H groups in total. The number of rotatable bonds is 1. The molecule has 2 nitrogen and oxygen atoms in total. The Morgan fingerprint density at radius 3 is 2.40 bits per heavy atom. The fourth-order valence-corrected chi connectivity index (χ4v) is 3.92. The van der Waals surface area contributed by atoms with E-state index in [9.17, 15) is 0 Å². The molecule has 0 radical (unpaired) electrons. The fraction of sp³-hybridized carbons (Fsp3) is 0.0455. The first-order chi connectivity index (χ1) is 12.2. The van der Waals surface area contributed by atoms with E-state index in [1.165, 1.54) is 11.1 Å². The molecule has 25 heavy (non-hydrogen) atoms. The third kappa shape index (κ3) is 2.08. The van der Waals surface area contributed by atoms with Crippen molar-refractivity contribution in [2.75, 3.05) is 0 Å². The molecular formula is C22H15ClN2. The number of aryl methyl sites for hydroxylation is 1. The summed E-state index contributed by atoms with van der Waals surface area (Å²) < 4.78 is 2.20. The summed E-state index contributed by atoms with van der Waals surface area (Å²) in [5, 5.41) is 2.89. The van der Waals surface area contributed by atoms with Crippen LogP contribution in [0.15, 0.2) is 72.8 Å². The van der Waals surface area contributed by atoms with E-state index in [4.69, 9.17) is 16.6 Å². The lowest BCUT2D eigenvalue weighted by molar-refractivity contribution is 0.967. The highest BCUT2D eigenvalue weighted by Gasteiger charge is 2.21. The van der Waals surface area contributed by atoms with Gasteiger partial charge in [-0.15, -0.1) is 0 Å². The maximum absolute atomic E-state index is 6.70. The minimum absolute atomic E-state index is 0.723. The molecule has 0 bridgehead atoms. The van der Waals surface area contributed by atoms with Crippen LogP contribution >= 0.6 is 11.6 Å². The molecule has 0 amide bonds. The predicted octanol–water partition coefficient (Wildman–Crippen LogP) is 6.15.